The summed E-state index contributed by atoms with van der Waals surface area (Å²) in [6, 6.07) is 7.65. The number of carbonyl (C=O) groups excluding carboxylic acids is 2. The van der Waals surface area contributed by atoms with Crippen molar-refractivity contribution in [2.24, 2.45) is 0 Å². The minimum atomic E-state index is -0.932. The van der Waals surface area contributed by atoms with Crippen LogP contribution >= 0.6 is 0 Å². The fraction of sp³-hybridized carbons (Fsp3) is 0.238. The van der Waals surface area contributed by atoms with E-state index in [-0.39, 0.29) is 34.6 Å². The Morgan fingerprint density at radius 2 is 1.89 bits per heavy atom. The van der Waals surface area contributed by atoms with Crippen molar-refractivity contribution in [3.63, 3.8) is 0 Å². The van der Waals surface area contributed by atoms with Crippen LogP contribution in [-0.4, -0.2) is 27.7 Å². The SMILES string of the molecule is Cc1c(CC(=O)OC(C)C)c2c(F)c(O)ccc2n1C(=O)c1cccc(F)c1. The standard InChI is InChI=1S/C21H19F2NO4/c1-11(2)28-18(26)10-15-12(3)24(16-7-8-17(25)20(23)19(15)16)21(27)13-5-4-6-14(22)9-13/h4-9,11,25H,10H2,1-3H3. The number of carbonyl (C=O) groups is 2. The molecular formula is C21H19F2NO4. The first-order chi connectivity index (χ1) is 13.2. The summed E-state index contributed by atoms with van der Waals surface area (Å²) in [7, 11) is 0. The van der Waals surface area contributed by atoms with Crippen LogP contribution in [0.5, 0.6) is 5.75 Å². The van der Waals surface area contributed by atoms with Gasteiger partial charge in [0.1, 0.15) is 5.82 Å². The Balaban J connectivity index is 2.21. The third-order valence-electron chi connectivity index (χ3n) is 4.38. The van der Waals surface area contributed by atoms with Gasteiger partial charge in [-0.1, -0.05) is 6.07 Å². The normalized spacial score (nSPS) is 11.2. The smallest absolute Gasteiger partial charge is 0.310 e. The van der Waals surface area contributed by atoms with E-state index in [2.05, 4.69) is 0 Å². The highest BCUT2D eigenvalue weighted by Crippen LogP contribution is 2.33. The maximum absolute atomic E-state index is 14.7. The molecule has 1 N–H and O–H groups in total. The number of benzene rings is 2. The highest BCUT2D eigenvalue weighted by Gasteiger charge is 2.25. The third kappa shape index (κ3) is 3.47. The average Bonchev–Trinajstić information content (AvgIpc) is 2.89. The molecule has 0 aliphatic carbocycles. The lowest BCUT2D eigenvalue weighted by molar-refractivity contribution is -0.146. The zero-order valence-electron chi connectivity index (χ0n) is 15.6. The highest BCUT2D eigenvalue weighted by molar-refractivity contribution is 6.05. The van der Waals surface area contributed by atoms with Gasteiger partial charge in [0.05, 0.1) is 18.0 Å². The van der Waals surface area contributed by atoms with E-state index < -0.39 is 29.3 Å². The van der Waals surface area contributed by atoms with Crippen molar-refractivity contribution >= 4 is 22.8 Å². The minimum Gasteiger partial charge on any atom is -0.505 e. The first kappa shape index (κ1) is 19.5. The van der Waals surface area contributed by atoms with Crippen LogP contribution in [0.4, 0.5) is 8.78 Å². The molecule has 0 bridgehead atoms. The number of ether oxygens (including phenoxy) is 1. The average molecular weight is 387 g/mol. The second-order valence-electron chi connectivity index (χ2n) is 6.72. The maximum Gasteiger partial charge on any atom is 0.310 e. The summed E-state index contributed by atoms with van der Waals surface area (Å²) < 4.78 is 34.6. The monoisotopic (exact) mass is 387 g/mol. The molecule has 1 aromatic heterocycles. The van der Waals surface area contributed by atoms with Gasteiger partial charge in [-0.05, 0) is 56.7 Å². The molecule has 0 saturated carbocycles. The largest absolute Gasteiger partial charge is 0.505 e. The topological polar surface area (TPSA) is 68.5 Å². The summed E-state index contributed by atoms with van der Waals surface area (Å²) in [5.74, 6) is -3.27. The molecule has 3 rings (SSSR count). The highest BCUT2D eigenvalue weighted by atomic mass is 19.1. The Morgan fingerprint density at radius 1 is 1.18 bits per heavy atom. The second kappa shape index (κ2) is 7.42. The maximum atomic E-state index is 14.7. The molecule has 0 saturated heterocycles. The molecule has 0 amide bonds. The van der Waals surface area contributed by atoms with Crippen LogP contribution in [0.3, 0.4) is 0 Å². The molecule has 146 valence electrons. The van der Waals surface area contributed by atoms with Gasteiger partial charge in [0, 0.05) is 16.6 Å². The van der Waals surface area contributed by atoms with Crippen molar-refractivity contribution in [3.05, 3.63) is 64.9 Å². The van der Waals surface area contributed by atoms with E-state index in [4.69, 9.17) is 4.74 Å². The minimum absolute atomic E-state index is 0.0389. The van der Waals surface area contributed by atoms with Crippen LogP contribution in [0.15, 0.2) is 36.4 Å². The van der Waals surface area contributed by atoms with E-state index in [1.54, 1.807) is 20.8 Å². The number of fused-ring (bicyclic) bond motifs is 1. The van der Waals surface area contributed by atoms with Gasteiger partial charge in [-0.15, -0.1) is 0 Å². The molecule has 28 heavy (non-hydrogen) atoms. The van der Waals surface area contributed by atoms with Crippen LogP contribution in [0, 0.1) is 18.6 Å². The fourth-order valence-electron chi connectivity index (χ4n) is 3.20. The molecule has 2 aromatic carbocycles. The first-order valence-corrected chi connectivity index (χ1v) is 8.71. The molecule has 0 spiro atoms. The van der Waals surface area contributed by atoms with Crippen LogP contribution in [0.25, 0.3) is 10.9 Å². The summed E-state index contributed by atoms with van der Waals surface area (Å²) in [6.07, 6.45) is -0.627. The number of hydrogen-bond acceptors (Lipinski definition) is 4. The van der Waals surface area contributed by atoms with E-state index in [9.17, 15) is 23.5 Å². The first-order valence-electron chi connectivity index (χ1n) is 8.71. The van der Waals surface area contributed by atoms with E-state index in [0.717, 1.165) is 12.1 Å². The van der Waals surface area contributed by atoms with Crippen molar-refractivity contribution in [1.82, 2.24) is 4.57 Å². The van der Waals surface area contributed by atoms with Gasteiger partial charge in [0.25, 0.3) is 5.91 Å². The Hall–Kier alpha value is -3.22. The number of phenols is 1. The summed E-state index contributed by atoms with van der Waals surface area (Å²) in [6.45, 7) is 4.94. The molecule has 0 aliphatic rings. The number of phenolic OH excluding ortho intramolecular Hbond substituents is 1. The van der Waals surface area contributed by atoms with Gasteiger partial charge in [-0.2, -0.15) is 0 Å². The van der Waals surface area contributed by atoms with Crippen LogP contribution < -0.4 is 0 Å². The Morgan fingerprint density at radius 3 is 2.54 bits per heavy atom. The number of hydrogen-bond donors (Lipinski definition) is 1. The number of aromatic hydroxyl groups is 1. The number of nitrogens with zero attached hydrogens (tertiary/aromatic N) is 1. The molecule has 0 aliphatic heterocycles. The summed E-state index contributed by atoms with van der Waals surface area (Å²) in [4.78, 5) is 25.2. The van der Waals surface area contributed by atoms with Crippen LogP contribution in [0.2, 0.25) is 0 Å². The van der Waals surface area contributed by atoms with Crippen LogP contribution in [0.1, 0.15) is 35.5 Å². The van der Waals surface area contributed by atoms with Crippen molar-refractivity contribution < 1.29 is 28.2 Å². The lowest BCUT2D eigenvalue weighted by Gasteiger charge is -2.09. The van der Waals surface area contributed by atoms with Gasteiger partial charge in [-0.25, -0.2) is 8.78 Å². The van der Waals surface area contributed by atoms with E-state index in [1.807, 2.05) is 0 Å². The predicted molar refractivity (Wildman–Crippen MR) is 99.4 cm³/mol. The Labute approximate surface area is 160 Å². The van der Waals surface area contributed by atoms with Crippen molar-refractivity contribution in [2.75, 3.05) is 0 Å². The summed E-state index contributed by atoms with van der Waals surface area (Å²) in [5, 5.41) is 9.74. The van der Waals surface area contributed by atoms with Crippen molar-refractivity contribution in [3.8, 4) is 5.75 Å². The molecule has 0 radical (unpaired) electrons. The van der Waals surface area contributed by atoms with Crippen molar-refractivity contribution in [1.29, 1.82) is 0 Å². The second-order valence-corrected chi connectivity index (χ2v) is 6.72. The van der Waals surface area contributed by atoms with Gasteiger partial charge in [-0.3, -0.25) is 14.2 Å². The Bertz CT molecular complexity index is 1090. The van der Waals surface area contributed by atoms with E-state index in [0.29, 0.717) is 5.69 Å². The van der Waals surface area contributed by atoms with Gasteiger partial charge < -0.3 is 9.84 Å². The summed E-state index contributed by atoms with van der Waals surface area (Å²) >= 11 is 0. The molecular weight excluding hydrogens is 368 g/mol. The predicted octanol–water partition coefficient (Wildman–Crippen LogP) is 4.12. The quantitative estimate of drug-likeness (QED) is 0.684. The molecule has 7 heteroatoms. The molecule has 0 fully saturated rings. The molecule has 1 heterocycles. The van der Waals surface area contributed by atoms with Gasteiger partial charge in [0.2, 0.25) is 0 Å². The lowest BCUT2D eigenvalue weighted by atomic mass is 10.1. The van der Waals surface area contributed by atoms with E-state index in [1.165, 1.54) is 28.8 Å². The third-order valence-corrected chi connectivity index (χ3v) is 4.38. The Kier molecular flexibility index (Phi) is 5.18. The zero-order chi connectivity index (χ0) is 20.6. The number of rotatable bonds is 4. The molecule has 5 nitrogen and oxygen atoms in total. The molecule has 0 atom stereocenters. The number of aromatic nitrogens is 1. The number of halogens is 2. The summed E-state index contributed by atoms with van der Waals surface area (Å²) in [5.41, 5.74) is 0.799. The van der Waals surface area contributed by atoms with Gasteiger partial charge in [0.15, 0.2) is 11.6 Å². The molecule has 3 aromatic rings. The van der Waals surface area contributed by atoms with Crippen molar-refractivity contribution in [2.45, 2.75) is 33.3 Å². The number of esters is 1. The lowest BCUT2D eigenvalue weighted by Crippen LogP contribution is -2.16. The molecule has 0 unspecified atom stereocenters. The van der Waals surface area contributed by atoms with Crippen LogP contribution in [-0.2, 0) is 16.0 Å². The zero-order valence-corrected chi connectivity index (χ0v) is 15.6. The van der Waals surface area contributed by atoms with E-state index >= 15 is 0 Å². The van der Waals surface area contributed by atoms with Gasteiger partial charge >= 0.3 is 5.97 Å². The fourth-order valence-corrected chi connectivity index (χ4v) is 3.20.